The summed E-state index contributed by atoms with van der Waals surface area (Å²) in [6.07, 6.45) is 6.86. The number of aryl methyl sites for hydroxylation is 1. The highest BCUT2D eigenvalue weighted by molar-refractivity contribution is 6.32. The van der Waals surface area contributed by atoms with Crippen LogP contribution in [0.3, 0.4) is 0 Å². The van der Waals surface area contributed by atoms with Crippen LogP contribution in [0.2, 0.25) is 5.02 Å². The molecule has 7 heteroatoms. The Morgan fingerprint density at radius 1 is 1.29 bits per heavy atom. The number of anilines is 1. The highest BCUT2D eigenvalue weighted by Gasteiger charge is 2.17. The van der Waals surface area contributed by atoms with Crippen molar-refractivity contribution in [3.63, 3.8) is 0 Å². The molecule has 6 nitrogen and oxygen atoms in total. The third-order valence-corrected chi connectivity index (χ3v) is 4.66. The van der Waals surface area contributed by atoms with Crippen molar-refractivity contribution < 1.29 is 14.3 Å². The number of halogens is 1. The van der Waals surface area contributed by atoms with Crippen LogP contribution >= 0.6 is 11.6 Å². The maximum Gasteiger partial charge on any atom is 0.248 e. The van der Waals surface area contributed by atoms with Crippen LogP contribution in [0.5, 0.6) is 11.5 Å². The molecule has 1 aromatic heterocycles. The van der Waals surface area contributed by atoms with Crippen molar-refractivity contribution in [1.82, 2.24) is 9.55 Å². The van der Waals surface area contributed by atoms with E-state index >= 15 is 0 Å². The molecule has 142 valence electrons. The van der Waals surface area contributed by atoms with Crippen molar-refractivity contribution in [2.45, 2.75) is 13.5 Å². The van der Waals surface area contributed by atoms with Crippen LogP contribution in [0.15, 0.2) is 54.9 Å². The van der Waals surface area contributed by atoms with E-state index < -0.39 is 0 Å². The predicted octanol–water partition coefficient (Wildman–Crippen LogP) is 4.27. The van der Waals surface area contributed by atoms with Crippen molar-refractivity contribution in [1.29, 1.82) is 0 Å². The van der Waals surface area contributed by atoms with Gasteiger partial charge in [0.1, 0.15) is 5.82 Å². The summed E-state index contributed by atoms with van der Waals surface area (Å²) < 4.78 is 12.7. The number of nitrogens with one attached hydrogen (secondary N) is 1. The van der Waals surface area contributed by atoms with E-state index in [4.69, 9.17) is 21.1 Å². The average molecular weight is 396 g/mol. The summed E-state index contributed by atoms with van der Waals surface area (Å²) in [5.74, 6) is 1.85. The zero-order valence-electron chi connectivity index (χ0n) is 15.2. The minimum atomic E-state index is -0.230. The highest BCUT2D eigenvalue weighted by Crippen LogP contribution is 2.40. The number of carbonyl (C=O) groups is 1. The Hall–Kier alpha value is -3.25. The Kier molecular flexibility index (Phi) is 5.04. The second-order valence-corrected chi connectivity index (χ2v) is 6.77. The van der Waals surface area contributed by atoms with E-state index in [0.29, 0.717) is 16.5 Å². The van der Waals surface area contributed by atoms with Crippen LogP contribution in [-0.2, 0) is 11.3 Å². The number of hydrogen-bond acceptors (Lipinski definition) is 4. The summed E-state index contributed by atoms with van der Waals surface area (Å²) in [4.78, 5) is 16.4. The minimum absolute atomic E-state index is 0.152. The lowest BCUT2D eigenvalue weighted by Gasteiger charge is -2.07. The van der Waals surface area contributed by atoms with Gasteiger partial charge >= 0.3 is 0 Å². The molecule has 0 bridgehead atoms. The van der Waals surface area contributed by atoms with Crippen LogP contribution in [-0.4, -0.2) is 22.3 Å². The van der Waals surface area contributed by atoms with Gasteiger partial charge in [-0.15, -0.1) is 0 Å². The van der Waals surface area contributed by atoms with Crippen molar-refractivity contribution >= 4 is 29.3 Å². The lowest BCUT2D eigenvalue weighted by atomic mass is 10.2. The first kappa shape index (κ1) is 18.1. The fraction of sp³-hybridized carbons (Fsp3) is 0.143. The molecule has 0 saturated carbocycles. The summed E-state index contributed by atoms with van der Waals surface area (Å²) in [6, 6.07) is 11.2. The van der Waals surface area contributed by atoms with Gasteiger partial charge in [0.25, 0.3) is 0 Å². The summed E-state index contributed by atoms with van der Waals surface area (Å²) in [5.41, 5.74) is 2.62. The number of nitrogens with zero attached hydrogens (tertiary/aromatic N) is 2. The predicted molar refractivity (Wildman–Crippen MR) is 108 cm³/mol. The van der Waals surface area contributed by atoms with Gasteiger partial charge in [-0.1, -0.05) is 23.7 Å². The standard InChI is InChI=1S/C21H18ClN3O3/c1-14-23-8-9-25(14)12-15-2-5-17(6-3-15)24-20(26)7-4-16-10-18(22)21-19(11-16)27-13-28-21/h2-11H,12-13H2,1H3,(H,24,26)/b7-4+. The fourth-order valence-corrected chi connectivity index (χ4v) is 3.17. The second-order valence-electron chi connectivity index (χ2n) is 6.36. The van der Waals surface area contributed by atoms with Gasteiger partial charge in [-0.2, -0.15) is 0 Å². The highest BCUT2D eigenvalue weighted by atomic mass is 35.5. The number of imidazole rings is 1. The van der Waals surface area contributed by atoms with E-state index in [1.54, 1.807) is 24.4 Å². The van der Waals surface area contributed by atoms with Crippen LogP contribution in [0, 0.1) is 6.92 Å². The van der Waals surface area contributed by atoms with Crippen LogP contribution in [0.4, 0.5) is 5.69 Å². The van der Waals surface area contributed by atoms with E-state index in [1.807, 2.05) is 37.4 Å². The molecule has 3 aromatic rings. The minimum Gasteiger partial charge on any atom is -0.454 e. The molecular formula is C21H18ClN3O3. The SMILES string of the molecule is Cc1nccn1Cc1ccc(NC(=O)/C=C/c2cc(Cl)c3c(c2)OCO3)cc1. The number of aromatic nitrogens is 2. The molecule has 1 N–H and O–H groups in total. The lowest BCUT2D eigenvalue weighted by Crippen LogP contribution is -2.08. The number of hydrogen-bond donors (Lipinski definition) is 1. The van der Waals surface area contributed by atoms with Crippen LogP contribution < -0.4 is 14.8 Å². The van der Waals surface area contributed by atoms with Gasteiger partial charge in [-0.05, 0) is 48.4 Å². The number of rotatable bonds is 5. The zero-order valence-corrected chi connectivity index (χ0v) is 15.9. The van der Waals surface area contributed by atoms with Crippen LogP contribution in [0.1, 0.15) is 17.0 Å². The third kappa shape index (κ3) is 4.02. The Morgan fingerprint density at radius 3 is 2.86 bits per heavy atom. The number of benzene rings is 2. The molecule has 0 spiro atoms. The molecule has 2 aromatic carbocycles. The van der Waals surface area contributed by atoms with Gasteiger partial charge in [0.2, 0.25) is 12.7 Å². The largest absolute Gasteiger partial charge is 0.454 e. The summed E-state index contributed by atoms with van der Waals surface area (Å²) in [6.45, 7) is 2.86. The number of amides is 1. The molecule has 0 atom stereocenters. The number of ether oxygens (including phenoxy) is 2. The topological polar surface area (TPSA) is 65.4 Å². The van der Waals surface area contributed by atoms with E-state index in [-0.39, 0.29) is 12.7 Å². The Bertz CT molecular complexity index is 1040. The molecule has 2 heterocycles. The monoisotopic (exact) mass is 395 g/mol. The maximum atomic E-state index is 12.2. The first-order valence-electron chi connectivity index (χ1n) is 8.73. The number of fused-ring (bicyclic) bond motifs is 1. The molecular weight excluding hydrogens is 378 g/mol. The molecule has 1 amide bonds. The van der Waals surface area contributed by atoms with Gasteiger partial charge in [0.05, 0.1) is 5.02 Å². The molecule has 0 saturated heterocycles. The third-order valence-electron chi connectivity index (χ3n) is 4.37. The first-order chi connectivity index (χ1) is 13.6. The molecule has 0 unspecified atom stereocenters. The molecule has 1 aliphatic rings. The summed E-state index contributed by atoms with van der Waals surface area (Å²) in [5, 5.41) is 3.30. The van der Waals surface area contributed by atoms with Crippen molar-refractivity contribution in [2.75, 3.05) is 12.1 Å². The summed E-state index contributed by atoms with van der Waals surface area (Å²) in [7, 11) is 0. The van der Waals surface area contributed by atoms with E-state index in [2.05, 4.69) is 14.9 Å². The Balaban J connectivity index is 1.38. The van der Waals surface area contributed by atoms with Gasteiger partial charge in [0, 0.05) is 30.7 Å². The van der Waals surface area contributed by atoms with Gasteiger partial charge in [-0.3, -0.25) is 4.79 Å². The quantitative estimate of drug-likeness (QED) is 0.655. The lowest BCUT2D eigenvalue weighted by molar-refractivity contribution is -0.111. The average Bonchev–Trinajstić information content (AvgIpc) is 3.31. The van der Waals surface area contributed by atoms with E-state index in [9.17, 15) is 4.79 Å². The Morgan fingerprint density at radius 2 is 2.11 bits per heavy atom. The van der Waals surface area contributed by atoms with Gasteiger partial charge < -0.3 is 19.4 Å². The van der Waals surface area contributed by atoms with E-state index in [0.717, 1.165) is 29.2 Å². The Labute approximate surface area is 167 Å². The van der Waals surface area contributed by atoms with Crippen molar-refractivity contribution in [3.05, 3.63) is 76.8 Å². The molecule has 0 aliphatic carbocycles. The molecule has 0 fully saturated rings. The zero-order chi connectivity index (χ0) is 19.5. The molecule has 4 rings (SSSR count). The number of carbonyl (C=O) groups excluding carboxylic acids is 1. The maximum absolute atomic E-state index is 12.2. The first-order valence-corrected chi connectivity index (χ1v) is 9.11. The van der Waals surface area contributed by atoms with Crippen molar-refractivity contribution in [3.8, 4) is 11.5 Å². The van der Waals surface area contributed by atoms with Crippen LogP contribution in [0.25, 0.3) is 6.08 Å². The van der Waals surface area contributed by atoms with Crippen molar-refractivity contribution in [2.24, 2.45) is 0 Å². The smallest absolute Gasteiger partial charge is 0.248 e. The second kappa shape index (κ2) is 7.78. The fourth-order valence-electron chi connectivity index (χ4n) is 2.90. The van der Waals surface area contributed by atoms with Gasteiger partial charge in [0.15, 0.2) is 11.5 Å². The molecule has 0 radical (unpaired) electrons. The molecule has 28 heavy (non-hydrogen) atoms. The normalized spacial score (nSPS) is 12.5. The van der Waals surface area contributed by atoms with E-state index in [1.165, 1.54) is 6.08 Å². The van der Waals surface area contributed by atoms with Gasteiger partial charge in [-0.25, -0.2) is 4.98 Å². The summed E-state index contributed by atoms with van der Waals surface area (Å²) >= 11 is 6.15. The molecule has 1 aliphatic heterocycles.